The maximum absolute atomic E-state index is 11.8. The molecule has 15 heavy (non-hydrogen) atoms. The first kappa shape index (κ1) is 10.2. The summed E-state index contributed by atoms with van der Waals surface area (Å²) >= 11 is 5.66. The van der Waals surface area contributed by atoms with Gasteiger partial charge in [0.1, 0.15) is 6.26 Å². The van der Waals surface area contributed by atoms with Crippen LogP contribution in [-0.2, 0) is 9.84 Å². The Kier molecular flexibility index (Phi) is 2.50. The normalized spacial score (nSPS) is 11.5. The van der Waals surface area contributed by atoms with Crippen LogP contribution in [0.5, 0.6) is 0 Å². The molecule has 2 aromatic rings. The average molecular weight is 244 g/mol. The largest absolute Gasteiger partial charge is 0.450 e. The summed E-state index contributed by atoms with van der Waals surface area (Å²) in [5.41, 5.74) is 0. The molecule has 0 aliphatic heterocycles. The van der Waals surface area contributed by atoms with Gasteiger partial charge >= 0.3 is 0 Å². The highest BCUT2D eigenvalue weighted by atomic mass is 35.5. The van der Waals surface area contributed by atoms with Crippen molar-refractivity contribution in [2.45, 2.75) is 9.92 Å². The van der Waals surface area contributed by atoms with Crippen molar-refractivity contribution in [1.29, 1.82) is 0 Å². The smallest absolute Gasteiger partial charge is 0.227 e. The Morgan fingerprint density at radius 3 is 2.40 bits per heavy atom. The van der Waals surface area contributed by atoms with E-state index in [1.165, 1.54) is 24.3 Å². The Hall–Kier alpha value is -1.33. The maximum atomic E-state index is 11.8. The monoisotopic (exact) mass is 243 g/mol. The molecule has 6 heteroatoms. The lowest BCUT2D eigenvalue weighted by molar-refractivity contribution is 0.552. The molecule has 1 aromatic carbocycles. The summed E-state index contributed by atoms with van der Waals surface area (Å²) in [5.74, 6) is 0. The van der Waals surface area contributed by atoms with Crippen LogP contribution in [0.3, 0.4) is 0 Å². The molecule has 0 saturated heterocycles. The Bertz CT molecular complexity index is 546. The summed E-state index contributed by atoms with van der Waals surface area (Å²) in [6.45, 7) is 0. The van der Waals surface area contributed by atoms with Crippen LogP contribution in [0, 0.1) is 0 Å². The Balaban J connectivity index is 2.52. The molecular weight excluding hydrogens is 238 g/mol. The van der Waals surface area contributed by atoms with Gasteiger partial charge < -0.3 is 4.42 Å². The minimum atomic E-state index is -3.58. The molecule has 0 atom stereocenters. The van der Waals surface area contributed by atoms with Gasteiger partial charge in [0.2, 0.25) is 9.84 Å². The van der Waals surface area contributed by atoms with Gasteiger partial charge in [-0.2, -0.15) is 0 Å². The van der Waals surface area contributed by atoms with Crippen LogP contribution >= 0.6 is 11.6 Å². The van der Waals surface area contributed by atoms with Crippen molar-refractivity contribution in [3.63, 3.8) is 0 Å². The maximum Gasteiger partial charge on any atom is 0.227 e. The quantitative estimate of drug-likeness (QED) is 0.811. The number of sulfone groups is 1. The van der Waals surface area contributed by atoms with Gasteiger partial charge in [-0.1, -0.05) is 11.6 Å². The fourth-order valence-corrected chi connectivity index (χ4v) is 2.29. The van der Waals surface area contributed by atoms with Gasteiger partial charge in [0, 0.05) is 5.02 Å². The minimum Gasteiger partial charge on any atom is -0.450 e. The molecule has 0 bridgehead atoms. The van der Waals surface area contributed by atoms with Crippen LogP contribution in [0.2, 0.25) is 5.02 Å². The molecule has 0 radical (unpaired) electrons. The minimum absolute atomic E-state index is 0.107. The average Bonchev–Trinajstić information content (AvgIpc) is 2.71. The lowest BCUT2D eigenvalue weighted by Gasteiger charge is -1.99. The fourth-order valence-electron chi connectivity index (χ4n) is 1.07. The second kappa shape index (κ2) is 3.67. The third-order valence-electron chi connectivity index (χ3n) is 1.81. The van der Waals surface area contributed by atoms with Crippen LogP contribution in [0.4, 0.5) is 0 Å². The third-order valence-corrected chi connectivity index (χ3v) is 3.71. The first-order valence-corrected chi connectivity index (χ1v) is 5.85. The fraction of sp³-hybridized carbons (Fsp3) is 0. The van der Waals surface area contributed by atoms with E-state index in [9.17, 15) is 8.42 Å². The number of hydrogen-bond donors (Lipinski definition) is 0. The summed E-state index contributed by atoms with van der Waals surface area (Å²) < 4.78 is 28.3. The van der Waals surface area contributed by atoms with Crippen molar-refractivity contribution in [2.75, 3.05) is 0 Å². The highest BCUT2D eigenvalue weighted by Crippen LogP contribution is 2.20. The third kappa shape index (κ3) is 1.88. The van der Waals surface area contributed by atoms with Crippen LogP contribution < -0.4 is 0 Å². The van der Waals surface area contributed by atoms with E-state index in [2.05, 4.69) is 9.40 Å². The predicted octanol–water partition coefficient (Wildman–Crippen LogP) is 2.16. The number of hydrogen-bond acceptors (Lipinski definition) is 4. The molecule has 0 aliphatic carbocycles. The molecule has 1 aromatic heterocycles. The van der Waals surface area contributed by atoms with Crippen molar-refractivity contribution in [1.82, 2.24) is 4.98 Å². The van der Waals surface area contributed by atoms with Crippen LogP contribution in [0.15, 0.2) is 51.3 Å². The van der Waals surface area contributed by atoms with Gasteiger partial charge in [-0.3, -0.25) is 0 Å². The number of benzene rings is 1. The first-order valence-electron chi connectivity index (χ1n) is 3.99. The molecule has 0 saturated carbocycles. The summed E-state index contributed by atoms with van der Waals surface area (Å²) in [4.78, 5) is 3.74. The van der Waals surface area contributed by atoms with Gasteiger partial charge in [0.15, 0.2) is 11.4 Å². The van der Waals surface area contributed by atoms with E-state index in [4.69, 9.17) is 11.6 Å². The van der Waals surface area contributed by atoms with Crippen molar-refractivity contribution >= 4 is 21.4 Å². The first-order chi connectivity index (χ1) is 7.10. The molecule has 0 fully saturated rings. The summed E-state index contributed by atoms with van der Waals surface area (Å²) in [6, 6.07) is 5.86. The van der Waals surface area contributed by atoms with Crippen molar-refractivity contribution in [3.05, 3.63) is 41.9 Å². The summed E-state index contributed by atoms with van der Waals surface area (Å²) in [7, 11) is -3.58. The van der Waals surface area contributed by atoms with E-state index in [0.717, 1.165) is 12.7 Å². The number of aromatic nitrogens is 1. The van der Waals surface area contributed by atoms with Crippen molar-refractivity contribution < 1.29 is 12.8 Å². The van der Waals surface area contributed by atoms with E-state index in [0.29, 0.717) is 5.02 Å². The molecule has 1 heterocycles. The van der Waals surface area contributed by atoms with Crippen molar-refractivity contribution in [3.8, 4) is 0 Å². The van der Waals surface area contributed by atoms with E-state index in [1.807, 2.05) is 0 Å². The predicted molar refractivity (Wildman–Crippen MR) is 53.4 cm³/mol. The zero-order chi connectivity index (χ0) is 10.9. The van der Waals surface area contributed by atoms with Crippen LogP contribution in [-0.4, -0.2) is 13.4 Å². The second-order valence-electron chi connectivity index (χ2n) is 2.78. The Morgan fingerprint density at radius 2 is 1.87 bits per heavy atom. The van der Waals surface area contributed by atoms with Gasteiger partial charge in [0.05, 0.1) is 4.90 Å². The molecule has 2 rings (SSSR count). The standard InChI is InChI=1S/C9H6ClNO3S/c10-7-1-3-8(4-2-7)15(12,13)9-5-14-6-11-9/h1-6H. The summed E-state index contributed by atoms with van der Waals surface area (Å²) in [5, 5.41) is 0.374. The molecule has 4 nitrogen and oxygen atoms in total. The molecule has 0 N–H and O–H groups in total. The number of oxazole rings is 1. The van der Waals surface area contributed by atoms with Gasteiger partial charge in [0.25, 0.3) is 0 Å². The van der Waals surface area contributed by atoms with Gasteiger partial charge in [-0.05, 0) is 24.3 Å². The molecule has 0 amide bonds. The number of rotatable bonds is 2. The molecule has 78 valence electrons. The molecule has 0 spiro atoms. The molecular formula is C9H6ClNO3S. The van der Waals surface area contributed by atoms with E-state index in [-0.39, 0.29) is 9.92 Å². The lowest BCUT2D eigenvalue weighted by Crippen LogP contribution is -2.01. The van der Waals surface area contributed by atoms with E-state index < -0.39 is 9.84 Å². The second-order valence-corrected chi connectivity index (χ2v) is 5.12. The lowest BCUT2D eigenvalue weighted by atomic mass is 10.4. The van der Waals surface area contributed by atoms with Crippen molar-refractivity contribution in [2.24, 2.45) is 0 Å². The highest BCUT2D eigenvalue weighted by molar-refractivity contribution is 7.91. The molecule has 0 unspecified atom stereocenters. The number of halogens is 1. The van der Waals surface area contributed by atoms with E-state index >= 15 is 0 Å². The van der Waals surface area contributed by atoms with Gasteiger partial charge in [-0.15, -0.1) is 0 Å². The Labute approximate surface area is 91.4 Å². The number of nitrogens with zero attached hydrogens (tertiary/aromatic N) is 1. The topological polar surface area (TPSA) is 60.2 Å². The highest BCUT2D eigenvalue weighted by Gasteiger charge is 2.19. The van der Waals surface area contributed by atoms with Crippen LogP contribution in [0.25, 0.3) is 0 Å². The zero-order valence-electron chi connectivity index (χ0n) is 7.42. The van der Waals surface area contributed by atoms with Crippen LogP contribution in [0.1, 0.15) is 0 Å². The SMILES string of the molecule is O=S(=O)(c1ccc(Cl)cc1)c1cocn1. The zero-order valence-corrected chi connectivity index (χ0v) is 8.99. The Morgan fingerprint density at radius 1 is 1.20 bits per heavy atom. The summed E-state index contributed by atoms with van der Waals surface area (Å²) in [6.07, 6.45) is 2.16. The van der Waals surface area contributed by atoms with E-state index in [1.54, 1.807) is 0 Å². The van der Waals surface area contributed by atoms with Gasteiger partial charge in [-0.25, -0.2) is 13.4 Å². The molecule has 0 aliphatic rings.